The summed E-state index contributed by atoms with van der Waals surface area (Å²) in [5.41, 5.74) is 2.87. The van der Waals surface area contributed by atoms with Gasteiger partial charge in [-0.1, -0.05) is 25.5 Å². The summed E-state index contributed by atoms with van der Waals surface area (Å²) in [4.78, 5) is 0. The highest BCUT2D eigenvalue weighted by Gasteiger charge is 2.11. The van der Waals surface area contributed by atoms with Crippen molar-refractivity contribution in [2.24, 2.45) is 0 Å². The van der Waals surface area contributed by atoms with E-state index < -0.39 is 0 Å². The summed E-state index contributed by atoms with van der Waals surface area (Å²) in [5.74, 6) is 1.10. The number of nitrogens with one attached hydrogen (secondary N) is 1. The highest BCUT2D eigenvalue weighted by molar-refractivity contribution is 5.39. The minimum absolute atomic E-state index is 0.693. The van der Waals surface area contributed by atoms with Crippen molar-refractivity contribution in [2.45, 2.75) is 51.5 Å². The Morgan fingerprint density at radius 3 is 3.00 bits per heavy atom. The van der Waals surface area contributed by atoms with E-state index in [0.717, 1.165) is 18.8 Å². The van der Waals surface area contributed by atoms with Crippen LogP contribution >= 0.6 is 0 Å². The van der Waals surface area contributed by atoms with E-state index in [9.17, 15) is 0 Å². The summed E-state index contributed by atoms with van der Waals surface area (Å²) >= 11 is 0. The summed E-state index contributed by atoms with van der Waals surface area (Å²) < 4.78 is 5.53. The molecule has 0 radical (unpaired) electrons. The first-order valence-electron chi connectivity index (χ1n) is 7.25. The topological polar surface area (TPSA) is 21.3 Å². The van der Waals surface area contributed by atoms with Crippen LogP contribution in [-0.2, 0) is 12.8 Å². The van der Waals surface area contributed by atoms with Crippen LogP contribution in [0.5, 0.6) is 5.75 Å². The van der Waals surface area contributed by atoms with Crippen LogP contribution in [0.25, 0.3) is 0 Å². The van der Waals surface area contributed by atoms with Crippen LogP contribution in [0.1, 0.15) is 43.7 Å². The molecule has 2 nitrogen and oxygen atoms in total. The molecule has 1 aliphatic heterocycles. The molecule has 1 aromatic rings. The van der Waals surface area contributed by atoms with Gasteiger partial charge in [-0.05, 0) is 49.9 Å². The Kier molecular flexibility index (Phi) is 5.06. The Hall–Kier alpha value is -1.02. The second-order valence-electron chi connectivity index (χ2n) is 5.18. The minimum atomic E-state index is 0.693. The molecule has 1 heterocycles. The Morgan fingerprint density at radius 1 is 1.33 bits per heavy atom. The third kappa shape index (κ3) is 3.49. The molecule has 0 bridgehead atoms. The Labute approximate surface area is 111 Å². The third-order valence-corrected chi connectivity index (χ3v) is 3.92. The van der Waals surface area contributed by atoms with Gasteiger partial charge < -0.3 is 10.1 Å². The average Bonchev–Trinajstić information content (AvgIpc) is 2.86. The molecule has 1 atom stereocenters. The van der Waals surface area contributed by atoms with Crippen LogP contribution in [-0.4, -0.2) is 19.7 Å². The third-order valence-electron chi connectivity index (χ3n) is 3.92. The Bertz CT molecular complexity index is 371. The monoisotopic (exact) mass is 247 g/mol. The number of aryl methyl sites for hydroxylation is 1. The number of fused-ring (bicyclic) bond motifs is 1. The van der Waals surface area contributed by atoms with Crippen LogP contribution in [0.3, 0.4) is 0 Å². The maximum atomic E-state index is 5.53. The van der Waals surface area contributed by atoms with E-state index in [4.69, 9.17) is 4.74 Å². The Morgan fingerprint density at radius 2 is 2.22 bits per heavy atom. The second kappa shape index (κ2) is 6.79. The molecule has 2 heteroatoms. The first kappa shape index (κ1) is 13.4. The average molecular weight is 247 g/mol. The molecule has 0 amide bonds. The standard InChI is InChI=1S/C16H25NO/c1-3-15(17-2)7-5-4-6-13-8-9-16-14(12-13)10-11-18-16/h8-9,12,15,17H,3-7,10-11H2,1-2H3. The predicted octanol–water partition coefficient (Wildman–Crippen LogP) is 3.33. The zero-order chi connectivity index (χ0) is 12.8. The molecule has 1 aromatic carbocycles. The molecule has 0 aliphatic carbocycles. The van der Waals surface area contributed by atoms with Crippen molar-refractivity contribution in [3.63, 3.8) is 0 Å². The molecular weight excluding hydrogens is 222 g/mol. The summed E-state index contributed by atoms with van der Waals surface area (Å²) in [6.45, 7) is 3.11. The maximum Gasteiger partial charge on any atom is 0.122 e. The fourth-order valence-corrected chi connectivity index (χ4v) is 2.67. The van der Waals surface area contributed by atoms with Gasteiger partial charge in [0.1, 0.15) is 5.75 Å². The smallest absolute Gasteiger partial charge is 0.122 e. The van der Waals surface area contributed by atoms with Gasteiger partial charge in [0.2, 0.25) is 0 Å². The van der Waals surface area contributed by atoms with Gasteiger partial charge in [0, 0.05) is 12.5 Å². The van der Waals surface area contributed by atoms with Gasteiger partial charge in [-0.3, -0.25) is 0 Å². The SMILES string of the molecule is CCC(CCCCc1ccc2c(c1)CCO2)NC. The van der Waals surface area contributed by atoms with Gasteiger partial charge in [0.05, 0.1) is 6.61 Å². The van der Waals surface area contributed by atoms with Gasteiger partial charge in [-0.15, -0.1) is 0 Å². The largest absolute Gasteiger partial charge is 0.493 e. The van der Waals surface area contributed by atoms with Gasteiger partial charge in [-0.2, -0.15) is 0 Å². The predicted molar refractivity (Wildman–Crippen MR) is 76.3 cm³/mol. The lowest BCUT2D eigenvalue weighted by Gasteiger charge is -2.13. The van der Waals surface area contributed by atoms with Gasteiger partial charge in [-0.25, -0.2) is 0 Å². The minimum Gasteiger partial charge on any atom is -0.493 e. The molecule has 2 rings (SSSR count). The van der Waals surface area contributed by atoms with E-state index in [-0.39, 0.29) is 0 Å². The number of benzene rings is 1. The first-order chi connectivity index (χ1) is 8.83. The second-order valence-corrected chi connectivity index (χ2v) is 5.18. The zero-order valence-corrected chi connectivity index (χ0v) is 11.7. The molecule has 18 heavy (non-hydrogen) atoms. The maximum absolute atomic E-state index is 5.53. The summed E-state index contributed by atoms with van der Waals surface area (Å²) in [6.07, 6.45) is 7.41. The summed E-state index contributed by atoms with van der Waals surface area (Å²) in [6, 6.07) is 7.38. The van der Waals surface area contributed by atoms with Crippen LogP contribution in [0.15, 0.2) is 18.2 Å². The van der Waals surface area contributed by atoms with Gasteiger partial charge in [0.25, 0.3) is 0 Å². The number of rotatable bonds is 7. The lowest BCUT2D eigenvalue weighted by molar-refractivity contribution is 0.357. The van der Waals surface area contributed by atoms with Crippen LogP contribution in [0.2, 0.25) is 0 Å². The van der Waals surface area contributed by atoms with Crippen molar-refractivity contribution in [3.8, 4) is 5.75 Å². The normalized spacial score (nSPS) is 15.2. The molecule has 1 unspecified atom stereocenters. The molecule has 0 aromatic heterocycles. The number of unbranched alkanes of at least 4 members (excludes halogenated alkanes) is 1. The number of ether oxygens (including phenoxy) is 1. The van der Waals surface area contributed by atoms with E-state index in [1.54, 1.807) is 0 Å². The van der Waals surface area contributed by atoms with Crippen molar-refractivity contribution in [3.05, 3.63) is 29.3 Å². The molecule has 0 fully saturated rings. The fourth-order valence-electron chi connectivity index (χ4n) is 2.67. The van der Waals surface area contributed by atoms with E-state index in [1.165, 1.54) is 43.2 Å². The van der Waals surface area contributed by atoms with Gasteiger partial charge in [0.15, 0.2) is 0 Å². The Balaban J connectivity index is 1.74. The molecular formula is C16H25NO. The van der Waals surface area contributed by atoms with E-state index >= 15 is 0 Å². The molecule has 0 saturated heterocycles. The van der Waals surface area contributed by atoms with Crippen molar-refractivity contribution >= 4 is 0 Å². The van der Waals surface area contributed by atoms with E-state index in [1.807, 2.05) is 0 Å². The number of hydrogen-bond donors (Lipinski definition) is 1. The summed E-state index contributed by atoms with van der Waals surface area (Å²) in [7, 11) is 2.06. The van der Waals surface area contributed by atoms with E-state index in [2.05, 4.69) is 37.5 Å². The van der Waals surface area contributed by atoms with Crippen molar-refractivity contribution < 1.29 is 4.74 Å². The van der Waals surface area contributed by atoms with Gasteiger partial charge >= 0.3 is 0 Å². The van der Waals surface area contributed by atoms with Crippen molar-refractivity contribution in [1.82, 2.24) is 5.32 Å². The van der Waals surface area contributed by atoms with Crippen LogP contribution < -0.4 is 10.1 Å². The fraction of sp³-hybridized carbons (Fsp3) is 0.625. The number of hydrogen-bond acceptors (Lipinski definition) is 2. The van der Waals surface area contributed by atoms with Crippen LogP contribution in [0, 0.1) is 0 Å². The zero-order valence-electron chi connectivity index (χ0n) is 11.7. The van der Waals surface area contributed by atoms with E-state index in [0.29, 0.717) is 6.04 Å². The highest BCUT2D eigenvalue weighted by Crippen LogP contribution is 2.26. The highest BCUT2D eigenvalue weighted by atomic mass is 16.5. The summed E-state index contributed by atoms with van der Waals surface area (Å²) in [5, 5.41) is 3.37. The first-order valence-corrected chi connectivity index (χ1v) is 7.25. The lowest BCUT2D eigenvalue weighted by Crippen LogP contribution is -2.23. The quantitative estimate of drug-likeness (QED) is 0.746. The lowest BCUT2D eigenvalue weighted by atomic mass is 10.0. The molecule has 1 N–H and O–H groups in total. The van der Waals surface area contributed by atoms with Crippen LogP contribution in [0.4, 0.5) is 0 Å². The molecule has 0 saturated carbocycles. The van der Waals surface area contributed by atoms with Crippen molar-refractivity contribution in [2.75, 3.05) is 13.7 Å². The molecule has 0 spiro atoms. The molecule has 1 aliphatic rings. The molecule has 100 valence electrons. The van der Waals surface area contributed by atoms with Crippen molar-refractivity contribution in [1.29, 1.82) is 0 Å².